The fourth-order valence-electron chi connectivity index (χ4n) is 4.37. The highest BCUT2D eigenvalue weighted by Gasteiger charge is 2.46. The van der Waals surface area contributed by atoms with Gasteiger partial charge in [-0.25, -0.2) is 0 Å². The first-order valence-corrected chi connectivity index (χ1v) is 10.00. The van der Waals surface area contributed by atoms with Gasteiger partial charge < -0.3 is 15.9 Å². The molecular formula is C22H36N2O5. The Hall–Kier alpha value is -1.99. The second-order valence-corrected chi connectivity index (χ2v) is 9.82. The quantitative estimate of drug-likeness (QED) is 0.536. The molecule has 0 aromatic carbocycles. The molecule has 0 saturated heterocycles. The number of rotatable bonds is 9. The van der Waals surface area contributed by atoms with E-state index in [9.17, 15) is 19.5 Å². The average molecular weight is 409 g/mol. The van der Waals surface area contributed by atoms with E-state index < -0.39 is 40.5 Å². The zero-order valence-electron chi connectivity index (χ0n) is 18.4. The van der Waals surface area contributed by atoms with Crippen molar-refractivity contribution in [1.29, 1.82) is 0 Å². The molecule has 0 fully saturated rings. The Morgan fingerprint density at radius 3 is 1.97 bits per heavy atom. The Bertz CT molecular complexity index is 670. The van der Waals surface area contributed by atoms with Gasteiger partial charge in [0, 0.05) is 17.5 Å². The van der Waals surface area contributed by atoms with Crippen molar-refractivity contribution in [2.75, 3.05) is 0 Å². The predicted molar refractivity (Wildman–Crippen MR) is 113 cm³/mol. The molecular weight excluding hydrogens is 372 g/mol. The van der Waals surface area contributed by atoms with Gasteiger partial charge in [-0.3, -0.25) is 19.3 Å². The summed E-state index contributed by atoms with van der Waals surface area (Å²) in [4.78, 5) is 38.5. The van der Waals surface area contributed by atoms with Crippen molar-refractivity contribution in [1.82, 2.24) is 4.90 Å². The van der Waals surface area contributed by atoms with Crippen LogP contribution in [0.25, 0.3) is 0 Å². The van der Waals surface area contributed by atoms with Gasteiger partial charge in [-0.2, -0.15) is 0 Å². The molecule has 0 saturated carbocycles. The van der Waals surface area contributed by atoms with Crippen LogP contribution in [-0.4, -0.2) is 56.0 Å². The summed E-state index contributed by atoms with van der Waals surface area (Å²) in [5.74, 6) is -2.31. The van der Waals surface area contributed by atoms with Gasteiger partial charge >= 0.3 is 11.9 Å². The summed E-state index contributed by atoms with van der Waals surface area (Å²) in [7, 11) is 0. The molecule has 0 amide bonds. The van der Waals surface area contributed by atoms with Crippen LogP contribution < -0.4 is 5.73 Å². The first-order valence-electron chi connectivity index (χ1n) is 10.00. The lowest BCUT2D eigenvalue weighted by Crippen LogP contribution is -2.61. The maximum absolute atomic E-state index is 13.2. The minimum atomic E-state index is -1.15. The SMILES string of the molecule is CC(C)(C)N([C@H](CC1(C(=O)CC[C@H](N)C(=O)O)C=CC=CC1)C(=O)O)C(C)(C)C. The van der Waals surface area contributed by atoms with Crippen molar-refractivity contribution >= 4 is 17.7 Å². The van der Waals surface area contributed by atoms with Gasteiger partial charge in [0.25, 0.3) is 0 Å². The van der Waals surface area contributed by atoms with Gasteiger partial charge in [0.05, 0.1) is 5.41 Å². The predicted octanol–water partition coefficient (Wildman–Crippen LogP) is 2.99. The van der Waals surface area contributed by atoms with E-state index in [0.717, 1.165) is 0 Å². The number of ketones is 1. The third-order valence-corrected chi connectivity index (χ3v) is 5.30. The molecule has 0 aromatic heterocycles. The fourth-order valence-corrected chi connectivity index (χ4v) is 4.37. The van der Waals surface area contributed by atoms with Crippen molar-refractivity contribution in [3.63, 3.8) is 0 Å². The lowest BCUT2D eigenvalue weighted by atomic mass is 9.70. The van der Waals surface area contributed by atoms with Gasteiger partial charge in [0.1, 0.15) is 17.9 Å². The molecule has 164 valence electrons. The maximum atomic E-state index is 13.2. The number of carbonyl (C=O) groups is 3. The molecule has 0 heterocycles. The molecule has 4 N–H and O–H groups in total. The summed E-state index contributed by atoms with van der Waals surface area (Å²) in [5.41, 5.74) is 3.69. The van der Waals surface area contributed by atoms with E-state index in [2.05, 4.69) is 0 Å². The van der Waals surface area contributed by atoms with E-state index in [0.29, 0.717) is 6.42 Å². The monoisotopic (exact) mass is 408 g/mol. The topological polar surface area (TPSA) is 121 Å². The highest BCUT2D eigenvalue weighted by atomic mass is 16.4. The lowest BCUT2D eigenvalue weighted by molar-refractivity contribution is -0.152. The van der Waals surface area contributed by atoms with Crippen LogP contribution in [0.3, 0.4) is 0 Å². The summed E-state index contributed by atoms with van der Waals surface area (Å²) < 4.78 is 0. The van der Waals surface area contributed by atoms with Gasteiger partial charge in [0.2, 0.25) is 0 Å². The number of hydrogen-bond donors (Lipinski definition) is 3. The third-order valence-electron chi connectivity index (χ3n) is 5.30. The number of carboxylic acid groups (broad SMARTS) is 2. The van der Waals surface area contributed by atoms with Gasteiger partial charge in [-0.05, 0) is 60.8 Å². The summed E-state index contributed by atoms with van der Waals surface area (Å²) in [6, 6.07) is -2.00. The minimum absolute atomic E-state index is 0.0109. The van der Waals surface area contributed by atoms with E-state index in [4.69, 9.17) is 10.8 Å². The molecule has 29 heavy (non-hydrogen) atoms. The maximum Gasteiger partial charge on any atom is 0.321 e. The fraction of sp³-hybridized carbons (Fsp3) is 0.682. The third kappa shape index (κ3) is 6.51. The van der Waals surface area contributed by atoms with Crippen LogP contribution in [0.4, 0.5) is 0 Å². The number of nitrogens with zero attached hydrogens (tertiary/aromatic N) is 1. The van der Waals surface area contributed by atoms with Crippen LogP contribution in [0.15, 0.2) is 24.3 Å². The molecule has 7 nitrogen and oxygen atoms in total. The number of hydrogen-bond acceptors (Lipinski definition) is 5. The molecule has 0 bridgehead atoms. The molecule has 0 aromatic rings. The zero-order valence-corrected chi connectivity index (χ0v) is 18.4. The van der Waals surface area contributed by atoms with E-state index in [1.54, 1.807) is 12.2 Å². The van der Waals surface area contributed by atoms with Crippen molar-refractivity contribution in [3.05, 3.63) is 24.3 Å². The number of carbonyl (C=O) groups excluding carboxylic acids is 1. The van der Waals surface area contributed by atoms with Gasteiger partial charge in [0.15, 0.2) is 0 Å². The van der Waals surface area contributed by atoms with E-state index in [1.807, 2.05) is 58.6 Å². The molecule has 1 rings (SSSR count). The molecule has 0 radical (unpaired) electrons. The number of aliphatic carboxylic acids is 2. The van der Waals surface area contributed by atoms with E-state index >= 15 is 0 Å². The Labute approximate surface area is 173 Å². The summed E-state index contributed by atoms with van der Waals surface area (Å²) in [6.45, 7) is 11.8. The van der Waals surface area contributed by atoms with Crippen LogP contribution in [0.5, 0.6) is 0 Å². The Morgan fingerprint density at radius 1 is 1.03 bits per heavy atom. The van der Waals surface area contributed by atoms with Crippen LogP contribution >= 0.6 is 0 Å². The second kappa shape index (κ2) is 9.22. The number of allylic oxidation sites excluding steroid dienone is 4. The molecule has 1 aliphatic rings. The Kier molecular flexibility index (Phi) is 7.96. The highest BCUT2D eigenvalue weighted by Crippen LogP contribution is 2.40. The van der Waals surface area contributed by atoms with Crippen LogP contribution in [0.2, 0.25) is 0 Å². The standard InChI is InChI=1S/C22H36N2O5/c1-20(2,3)24(21(4,5)6)16(19(28)29)14-22(12-8-7-9-13-22)17(25)11-10-15(23)18(26)27/h7-9,12,15-16H,10-11,13-14,23H2,1-6H3,(H,26,27)(H,28,29)/t15-,16+,22?/m0/s1. The average Bonchev–Trinajstić information content (AvgIpc) is 2.56. The van der Waals surface area contributed by atoms with Crippen molar-refractivity contribution in [3.8, 4) is 0 Å². The number of Topliss-reactive ketones (excluding diaryl/α,β-unsaturated/α-hetero) is 1. The molecule has 0 aliphatic heterocycles. The van der Waals surface area contributed by atoms with Crippen molar-refractivity contribution in [2.45, 2.75) is 90.4 Å². The van der Waals surface area contributed by atoms with Crippen LogP contribution in [0, 0.1) is 5.41 Å². The highest BCUT2D eigenvalue weighted by molar-refractivity contribution is 5.89. The minimum Gasteiger partial charge on any atom is -0.480 e. The van der Waals surface area contributed by atoms with Crippen LogP contribution in [0.1, 0.15) is 67.2 Å². The van der Waals surface area contributed by atoms with Crippen LogP contribution in [-0.2, 0) is 14.4 Å². The zero-order chi connectivity index (χ0) is 22.6. The normalized spacial score (nSPS) is 21.8. The lowest BCUT2D eigenvalue weighted by Gasteiger charge is -2.50. The van der Waals surface area contributed by atoms with E-state index in [1.165, 1.54) is 0 Å². The number of nitrogens with two attached hydrogens (primary N) is 1. The van der Waals surface area contributed by atoms with Gasteiger partial charge in [-0.15, -0.1) is 0 Å². The molecule has 1 unspecified atom stereocenters. The molecule has 3 atom stereocenters. The first kappa shape index (κ1) is 25.0. The summed E-state index contributed by atoms with van der Waals surface area (Å²) in [5, 5.41) is 19.1. The Balaban J connectivity index is 3.27. The first-order chi connectivity index (χ1) is 13.1. The van der Waals surface area contributed by atoms with E-state index in [-0.39, 0.29) is 25.0 Å². The molecule has 1 aliphatic carbocycles. The second-order valence-electron chi connectivity index (χ2n) is 9.82. The summed E-state index contributed by atoms with van der Waals surface area (Å²) >= 11 is 0. The largest absolute Gasteiger partial charge is 0.480 e. The molecule has 7 heteroatoms. The smallest absolute Gasteiger partial charge is 0.321 e. The van der Waals surface area contributed by atoms with Crippen molar-refractivity contribution < 1.29 is 24.6 Å². The molecule has 0 spiro atoms. The Morgan fingerprint density at radius 2 is 1.59 bits per heavy atom. The van der Waals surface area contributed by atoms with Crippen molar-refractivity contribution in [2.24, 2.45) is 11.1 Å². The van der Waals surface area contributed by atoms with Gasteiger partial charge in [-0.1, -0.05) is 24.3 Å². The summed E-state index contributed by atoms with van der Waals surface area (Å²) in [6.07, 6.45) is 7.71. The number of carboxylic acids is 2.